The van der Waals surface area contributed by atoms with E-state index in [4.69, 9.17) is 14.2 Å². The van der Waals surface area contributed by atoms with Crippen LogP contribution in [0.5, 0.6) is 17.2 Å². The summed E-state index contributed by atoms with van der Waals surface area (Å²) in [6.07, 6.45) is 3.17. The van der Waals surface area contributed by atoms with Crippen molar-refractivity contribution >= 4 is 44.9 Å². The maximum atomic E-state index is 11.8. The van der Waals surface area contributed by atoms with E-state index in [1.165, 1.54) is 5.56 Å². The average molecular weight is 532 g/mol. The van der Waals surface area contributed by atoms with E-state index < -0.39 is 5.60 Å². The Morgan fingerprint density at radius 2 is 2.00 bits per heavy atom. The van der Waals surface area contributed by atoms with Crippen LogP contribution < -0.4 is 19.5 Å². The van der Waals surface area contributed by atoms with Crippen molar-refractivity contribution in [3.05, 3.63) is 55.9 Å². The highest BCUT2D eigenvalue weighted by Gasteiger charge is 2.40. The highest BCUT2D eigenvalue weighted by Crippen LogP contribution is 2.43. The first-order valence-corrected chi connectivity index (χ1v) is 12.3. The third-order valence-electron chi connectivity index (χ3n) is 6.29. The summed E-state index contributed by atoms with van der Waals surface area (Å²) in [6, 6.07) is 7.60. The SMILES string of the molecule is COc1cc(C)c2c(c1C)CCC(C)(C(C)Oc1ccc(C=C3SC(=O)NC3=O)cc1Br)O2. The number of rotatable bonds is 5. The molecule has 1 saturated heterocycles. The second-order valence-corrected chi connectivity index (χ2v) is 10.4. The van der Waals surface area contributed by atoms with E-state index in [0.717, 1.165) is 57.3 Å². The molecule has 0 aromatic heterocycles. The van der Waals surface area contributed by atoms with Crippen molar-refractivity contribution in [2.45, 2.75) is 52.2 Å². The Morgan fingerprint density at radius 1 is 1.24 bits per heavy atom. The summed E-state index contributed by atoms with van der Waals surface area (Å²) >= 11 is 4.47. The Balaban J connectivity index is 1.52. The van der Waals surface area contributed by atoms with Crippen LogP contribution in [0.1, 0.15) is 42.5 Å². The lowest BCUT2D eigenvalue weighted by Crippen LogP contribution is -2.49. The predicted octanol–water partition coefficient (Wildman–Crippen LogP) is 5.95. The molecule has 1 N–H and O–H groups in total. The largest absolute Gasteiger partial charge is 0.496 e. The standard InChI is InChI=1S/C25H26BrNO5S/c1-13-10-20(30-5)14(2)17-8-9-25(4,32-22(13)17)15(3)31-19-7-6-16(11-18(19)26)12-21-23(28)27-24(29)33-21/h6-7,10-12,15H,8-9H2,1-5H3,(H,27,28,29). The monoisotopic (exact) mass is 531 g/mol. The molecule has 2 aliphatic heterocycles. The van der Waals surface area contributed by atoms with Crippen molar-refractivity contribution in [3.63, 3.8) is 0 Å². The van der Waals surface area contributed by atoms with Crippen LogP contribution in [0.3, 0.4) is 0 Å². The van der Waals surface area contributed by atoms with E-state index >= 15 is 0 Å². The molecule has 174 valence electrons. The number of benzene rings is 2. The molecule has 2 unspecified atom stereocenters. The van der Waals surface area contributed by atoms with Crippen LogP contribution in [0, 0.1) is 13.8 Å². The van der Waals surface area contributed by atoms with Crippen LogP contribution in [0.2, 0.25) is 0 Å². The molecule has 33 heavy (non-hydrogen) atoms. The number of hydrogen-bond donors (Lipinski definition) is 1. The predicted molar refractivity (Wildman–Crippen MR) is 133 cm³/mol. The summed E-state index contributed by atoms with van der Waals surface area (Å²) in [5.41, 5.74) is 3.66. The Kier molecular flexibility index (Phi) is 6.51. The normalized spacial score (nSPS) is 21.9. The Labute approximate surface area is 206 Å². The van der Waals surface area contributed by atoms with Crippen LogP contribution in [-0.2, 0) is 11.2 Å². The summed E-state index contributed by atoms with van der Waals surface area (Å²) in [6.45, 7) is 8.21. The molecule has 0 aliphatic carbocycles. The van der Waals surface area contributed by atoms with Gasteiger partial charge < -0.3 is 14.2 Å². The topological polar surface area (TPSA) is 73.9 Å². The molecular formula is C25H26BrNO5S. The van der Waals surface area contributed by atoms with Gasteiger partial charge in [0.2, 0.25) is 0 Å². The lowest BCUT2D eigenvalue weighted by atomic mass is 9.86. The fourth-order valence-electron chi connectivity index (χ4n) is 4.12. The molecule has 0 saturated carbocycles. The average Bonchev–Trinajstić information content (AvgIpc) is 3.08. The van der Waals surface area contributed by atoms with Gasteiger partial charge in [-0.15, -0.1) is 0 Å². The lowest BCUT2D eigenvalue weighted by Gasteiger charge is -2.41. The molecule has 2 aliphatic rings. The number of nitrogens with one attached hydrogen (secondary N) is 1. The van der Waals surface area contributed by atoms with Crippen molar-refractivity contribution in [2.24, 2.45) is 0 Å². The van der Waals surface area contributed by atoms with Crippen LogP contribution in [-0.4, -0.2) is 30.0 Å². The number of carbonyl (C=O) groups is 2. The Morgan fingerprint density at radius 3 is 2.64 bits per heavy atom. The van der Waals surface area contributed by atoms with Crippen LogP contribution in [0.25, 0.3) is 6.08 Å². The maximum absolute atomic E-state index is 11.8. The van der Waals surface area contributed by atoms with Gasteiger partial charge in [-0.25, -0.2) is 0 Å². The number of fused-ring (bicyclic) bond motifs is 1. The first-order valence-electron chi connectivity index (χ1n) is 10.7. The van der Waals surface area contributed by atoms with Gasteiger partial charge in [0, 0.05) is 5.56 Å². The van der Waals surface area contributed by atoms with Gasteiger partial charge >= 0.3 is 0 Å². The number of methoxy groups -OCH3 is 1. The number of hydrogen-bond acceptors (Lipinski definition) is 6. The number of ether oxygens (including phenoxy) is 3. The number of carbonyl (C=O) groups excluding carboxylic acids is 2. The van der Waals surface area contributed by atoms with Crippen molar-refractivity contribution in [3.8, 4) is 17.2 Å². The first kappa shape index (κ1) is 23.7. The smallest absolute Gasteiger partial charge is 0.290 e. The maximum Gasteiger partial charge on any atom is 0.290 e. The molecule has 0 spiro atoms. The van der Waals surface area contributed by atoms with Crippen LogP contribution in [0.4, 0.5) is 4.79 Å². The second kappa shape index (κ2) is 9.06. The summed E-state index contributed by atoms with van der Waals surface area (Å²) in [7, 11) is 1.69. The van der Waals surface area contributed by atoms with Gasteiger partial charge in [-0.2, -0.15) is 0 Å². The molecule has 0 bridgehead atoms. The minimum atomic E-state index is -0.502. The van der Waals surface area contributed by atoms with Gasteiger partial charge in [-0.3, -0.25) is 14.9 Å². The van der Waals surface area contributed by atoms with Crippen molar-refractivity contribution in [2.75, 3.05) is 7.11 Å². The fraction of sp³-hybridized carbons (Fsp3) is 0.360. The van der Waals surface area contributed by atoms with Crippen LogP contribution >= 0.6 is 27.7 Å². The zero-order valence-corrected chi connectivity index (χ0v) is 21.6. The molecule has 2 aromatic carbocycles. The minimum Gasteiger partial charge on any atom is -0.496 e. The summed E-state index contributed by atoms with van der Waals surface area (Å²) in [5.74, 6) is 2.11. The number of halogens is 1. The Bertz CT molecular complexity index is 1180. The molecule has 1 fully saturated rings. The van der Waals surface area contributed by atoms with Crippen molar-refractivity contribution in [1.82, 2.24) is 5.32 Å². The van der Waals surface area contributed by atoms with Gasteiger partial charge in [0.15, 0.2) is 0 Å². The fourth-order valence-corrected chi connectivity index (χ4v) is 5.29. The quantitative estimate of drug-likeness (QED) is 0.480. The van der Waals surface area contributed by atoms with E-state index in [2.05, 4.69) is 35.1 Å². The van der Waals surface area contributed by atoms with Gasteiger partial charge in [-0.05, 0) is 109 Å². The van der Waals surface area contributed by atoms with E-state index in [-0.39, 0.29) is 17.3 Å². The van der Waals surface area contributed by atoms with Crippen molar-refractivity contribution < 1.29 is 23.8 Å². The van der Waals surface area contributed by atoms with Gasteiger partial charge in [0.1, 0.15) is 29.0 Å². The zero-order chi connectivity index (χ0) is 23.9. The van der Waals surface area contributed by atoms with E-state index in [1.54, 1.807) is 13.2 Å². The molecule has 2 atom stereocenters. The third-order valence-corrected chi connectivity index (χ3v) is 7.72. The van der Waals surface area contributed by atoms with E-state index in [0.29, 0.717) is 10.7 Å². The summed E-state index contributed by atoms with van der Waals surface area (Å²) in [5, 5.41) is 1.90. The third kappa shape index (κ3) is 4.64. The molecule has 2 aromatic rings. The highest BCUT2D eigenvalue weighted by molar-refractivity contribution is 9.10. The molecule has 4 rings (SSSR count). The first-order chi connectivity index (χ1) is 15.6. The minimum absolute atomic E-state index is 0.221. The molecule has 8 heteroatoms. The van der Waals surface area contributed by atoms with Crippen LogP contribution in [0.15, 0.2) is 33.6 Å². The van der Waals surface area contributed by atoms with Gasteiger partial charge in [-0.1, -0.05) is 6.07 Å². The summed E-state index contributed by atoms with van der Waals surface area (Å²) in [4.78, 5) is 23.5. The van der Waals surface area contributed by atoms with E-state index in [1.807, 2.05) is 38.1 Å². The summed E-state index contributed by atoms with van der Waals surface area (Å²) < 4.78 is 19.2. The second-order valence-electron chi connectivity index (χ2n) is 8.55. The zero-order valence-electron chi connectivity index (χ0n) is 19.2. The number of imide groups is 1. The Hall–Kier alpha value is -2.45. The molecule has 6 nitrogen and oxygen atoms in total. The molecule has 2 amide bonds. The highest BCUT2D eigenvalue weighted by atomic mass is 79.9. The molecule has 2 heterocycles. The van der Waals surface area contributed by atoms with E-state index in [9.17, 15) is 9.59 Å². The lowest BCUT2D eigenvalue weighted by molar-refractivity contribution is -0.115. The molecule has 0 radical (unpaired) electrons. The van der Waals surface area contributed by atoms with Gasteiger partial charge in [0.25, 0.3) is 11.1 Å². The number of thioether (sulfide) groups is 1. The van der Waals surface area contributed by atoms with Gasteiger partial charge in [0.05, 0.1) is 16.5 Å². The number of aryl methyl sites for hydroxylation is 1. The number of amides is 2. The van der Waals surface area contributed by atoms with Crippen molar-refractivity contribution in [1.29, 1.82) is 0 Å². The molecular weight excluding hydrogens is 506 g/mol.